The van der Waals surface area contributed by atoms with E-state index in [1.54, 1.807) is 0 Å². The zero-order valence-electron chi connectivity index (χ0n) is 17.2. The fourth-order valence-corrected chi connectivity index (χ4v) is 1.95. The van der Waals surface area contributed by atoms with Gasteiger partial charge in [-0.1, -0.05) is 25.9 Å². The molecule has 2 rings (SSSR count). The molecule has 0 bridgehead atoms. The molecule has 0 aliphatic rings. The summed E-state index contributed by atoms with van der Waals surface area (Å²) in [5, 5.41) is 14.1. The van der Waals surface area contributed by atoms with Crippen LogP contribution in [0.1, 0.15) is 43.7 Å². The van der Waals surface area contributed by atoms with E-state index in [2.05, 4.69) is 31.2 Å². The van der Waals surface area contributed by atoms with Gasteiger partial charge in [0.1, 0.15) is 25.9 Å². The summed E-state index contributed by atoms with van der Waals surface area (Å²) in [5.41, 5.74) is 1.64. The Morgan fingerprint density at radius 3 is 2.29 bits per heavy atom. The van der Waals surface area contributed by atoms with Gasteiger partial charge < -0.3 is 58.5 Å². The number of rotatable bonds is 3. The molecule has 0 saturated heterocycles. The van der Waals surface area contributed by atoms with E-state index >= 15 is 0 Å². The van der Waals surface area contributed by atoms with Gasteiger partial charge in [0.15, 0.2) is 18.6 Å². The third kappa shape index (κ3) is 10.3. The molecule has 8 heteroatoms. The molecule has 156 valence electrons. The quantitative estimate of drug-likeness (QED) is 0.122. The number of nitrogens with zero attached hydrogens (tertiary/aromatic N) is 3. The summed E-state index contributed by atoms with van der Waals surface area (Å²) in [4.78, 5) is 11.9. The monoisotopic (exact) mass is 612 g/mol. The molecule has 2 aromatic heterocycles. The number of pyridine rings is 2. The van der Waals surface area contributed by atoms with Crippen LogP contribution < -0.4 is 62.4 Å². The van der Waals surface area contributed by atoms with Crippen LogP contribution >= 0.6 is 0 Å². The van der Waals surface area contributed by atoms with Crippen molar-refractivity contribution in [3.8, 4) is 0 Å². The molecular weight excluding hydrogens is 582 g/mol. The Kier molecular flexibility index (Phi) is 14.3. The lowest BCUT2D eigenvalue weighted by Crippen LogP contribution is -3.00. The fourth-order valence-electron chi connectivity index (χ4n) is 1.95. The van der Waals surface area contributed by atoms with Gasteiger partial charge in [-0.05, 0) is 24.5 Å². The topological polar surface area (TPSA) is 69.5 Å². The van der Waals surface area contributed by atoms with E-state index in [9.17, 15) is 4.79 Å². The van der Waals surface area contributed by atoms with Gasteiger partial charge in [-0.3, -0.25) is 4.79 Å². The van der Waals surface area contributed by atoms with Crippen LogP contribution in [0.5, 0.6) is 0 Å². The lowest BCUT2D eigenvalue weighted by atomic mass is 9.88. The predicted octanol–water partition coefficient (Wildman–Crippen LogP) is -4.00. The summed E-state index contributed by atoms with van der Waals surface area (Å²) >= 11 is 0. The molecule has 0 fully saturated rings. The van der Waals surface area contributed by atoms with Gasteiger partial charge in [-0.25, -0.2) is 9.13 Å². The summed E-state index contributed by atoms with van der Waals surface area (Å²) in [5.74, 6) is -0.0152. The maximum absolute atomic E-state index is 11.9. The number of carbonyl (C=O) groups excluding carboxylic acids is 1. The number of hydrogen-bond donors (Lipinski definition) is 2. The van der Waals surface area contributed by atoms with Gasteiger partial charge in [0.05, 0.1) is 0 Å². The maximum atomic E-state index is 11.9. The minimum atomic E-state index is -0.0152. The summed E-state index contributed by atoms with van der Waals surface area (Å²) in [6.45, 7) is 8.37. The zero-order valence-corrected chi connectivity index (χ0v) is 21.5. The van der Waals surface area contributed by atoms with E-state index in [0.29, 0.717) is 5.56 Å². The third-order valence-corrected chi connectivity index (χ3v) is 4.13. The average molecular weight is 612 g/mol. The molecule has 0 aromatic carbocycles. The van der Waals surface area contributed by atoms with Crippen LogP contribution in [-0.4, -0.2) is 23.4 Å². The van der Waals surface area contributed by atoms with Crippen molar-refractivity contribution in [2.75, 3.05) is 0 Å². The van der Waals surface area contributed by atoms with Crippen LogP contribution in [-0.2, 0) is 14.1 Å². The minimum absolute atomic E-state index is 0. The summed E-state index contributed by atoms with van der Waals surface area (Å²) in [6.07, 6.45) is 7.01. The number of aromatic nitrogens is 2. The summed E-state index contributed by atoms with van der Waals surface area (Å²) < 4.78 is 3.73. The van der Waals surface area contributed by atoms with Gasteiger partial charge in [0.25, 0.3) is 5.91 Å². The third-order valence-electron chi connectivity index (χ3n) is 4.13. The Hall–Kier alpha value is -1.30. The van der Waals surface area contributed by atoms with Crippen LogP contribution in [0.4, 0.5) is 0 Å². The highest BCUT2D eigenvalue weighted by atomic mass is 127. The van der Waals surface area contributed by atoms with E-state index in [0.717, 1.165) is 5.69 Å². The normalized spacial score (nSPS) is 11.4. The molecule has 2 heterocycles. The molecule has 1 atom stereocenters. The van der Waals surface area contributed by atoms with Crippen LogP contribution in [0.25, 0.3) is 0 Å². The number of aryl methyl sites for hydroxylation is 2. The van der Waals surface area contributed by atoms with Gasteiger partial charge in [0, 0.05) is 24.2 Å². The molecule has 0 saturated carbocycles. The van der Waals surface area contributed by atoms with Crippen LogP contribution in [0, 0.1) is 5.41 Å². The number of carbonyl (C=O) groups is 1. The van der Waals surface area contributed by atoms with Crippen molar-refractivity contribution in [1.82, 2.24) is 5.32 Å². The predicted molar refractivity (Wildman–Crippen MR) is 101 cm³/mol. The SMILES string of the molecule is CC(NC(=O)c1ccc[n+](C)c1)C(C)(C)C.C[n+]1ccccc1C=NO.[I-].[I-]. The van der Waals surface area contributed by atoms with Crippen molar-refractivity contribution in [2.45, 2.75) is 33.7 Å². The maximum Gasteiger partial charge on any atom is 0.257 e. The minimum Gasteiger partial charge on any atom is -1.00 e. The first-order valence-corrected chi connectivity index (χ1v) is 8.53. The van der Waals surface area contributed by atoms with Crippen LogP contribution in [0.15, 0.2) is 54.1 Å². The van der Waals surface area contributed by atoms with E-state index in [4.69, 9.17) is 5.21 Å². The summed E-state index contributed by atoms with van der Waals surface area (Å²) in [6, 6.07) is 9.50. The first-order chi connectivity index (χ1) is 12.1. The standard InChI is InChI=1S/C13H20N2O.C7H8N2O.2HI/c1-10(13(2,3)4)14-12(16)11-7-6-8-15(5)9-11;1-9-5-3-2-4-7(9)6-8-10;;/h6-10H,1-5H3;2-6H,1H3;2*1H. The molecule has 28 heavy (non-hydrogen) atoms. The van der Waals surface area contributed by atoms with Gasteiger partial charge in [-0.2, -0.15) is 0 Å². The first kappa shape index (κ1) is 28.9. The second-order valence-electron chi connectivity index (χ2n) is 7.30. The zero-order chi connectivity index (χ0) is 19.7. The number of hydrogen-bond acceptors (Lipinski definition) is 3. The van der Waals surface area contributed by atoms with Crippen molar-refractivity contribution in [2.24, 2.45) is 24.7 Å². The van der Waals surface area contributed by atoms with Crippen LogP contribution in [0.2, 0.25) is 0 Å². The van der Waals surface area contributed by atoms with E-state index in [1.807, 2.05) is 79.1 Å². The molecule has 6 nitrogen and oxygen atoms in total. The van der Waals surface area contributed by atoms with Gasteiger partial charge >= 0.3 is 0 Å². The van der Waals surface area contributed by atoms with Gasteiger partial charge in [0.2, 0.25) is 5.69 Å². The average Bonchev–Trinajstić information content (AvgIpc) is 2.57. The smallest absolute Gasteiger partial charge is 0.257 e. The molecule has 2 aromatic rings. The number of nitrogens with one attached hydrogen (secondary N) is 1. The Morgan fingerprint density at radius 1 is 1.14 bits per heavy atom. The Morgan fingerprint density at radius 2 is 1.79 bits per heavy atom. The number of amides is 1. The Labute approximate surface area is 202 Å². The van der Waals surface area contributed by atoms with E-state index in [1.165, 1.54) is 6.21 Å². The highest BCUT2D eigenvalue weighted by Gasteiger charge is 2.22. The molecular formula is C20H30I2N4O2. The van der Waals surface area contributed by atoms with Crippen molar-refractivity contribution in [3.63, 3.8) is 0 Å². The van der Waals surface area contributed by atoms with Crippen molar-refractivity contribution < 1.29 is 67.1 Å². The van der Waals surface area contributed by atoms with Crippen LogP contribution in [0.3, 0.4) is 0 Å². The molecule has 0 spiro atoms. The second kappa shape index (κ2) is 13.8. The Bertz CT molecular complexity index is 762. The first-order valence-electron chi connectivity index (χ1n) is 8.53. The summed E-state index contributed by atoms with van der Waals surface area (Å²) in [7, 11) is 3.79. The fraction of sp³-hybridized carbons (Fsp3) is 0.400. The number of oxime groups is 1. The molecule has 2 N–H and O–H groups in total. The van der Waals surface area contributed by atoms with Crippen molar-refractivity contribution in [3.05, 3.63) is 60.2 Å². The molecule has 1 amide bonds. The van der Waals surface area contributed by atoms with E-state index < -0.39 is 0 Å². The Balaban J connectivity index is 0. The highest BCUT2D eigenvalue weighted by molar-refractivity contribution is 5.93. The lowest BCUT2D eigenvalue weighted by molar-refractivity contribution is -0.672. The van der Waals surface area contributed by atoms with Gasteiger partial charge in [-0.15, -0.1) is 0 Å². The number of halogens is 2. The second-order valence-corrected chi connectivity index (χ2v) is 7.30. The largest absolute Gasteiger partial charge is 1.00 e. The molecule has 0 radical (unpaired) electrons. The highest BCUT2D eigenvalue weighted by Crippen LogP contribution is 2.18. The molecule has 1 unspecified atom stereocenters. The van der Waals surface area contributed by atoms with Crippen molar-refractivity contribution in [1.29, 1.82) is 0 Å². The molecule has 0 aliphatic carbocycles. The molecule has 0 aliphatic heterocycles. The van der Waals surface area contributed by atoms with Crippen molar-refractivity contribution >= 4 is 12.1 Å². The lowest BCUT2D eigenvalue weighted by Gasteiger charge is -2.27. The van der Waals surface area contributed by atoms with E-state index in [-0.39, 0.29) is 65.3 Å².